The third-order valence-corrected chi connectivity index (χ3v) is 5.19. The highest BCUT2D eigenvalue weighted by Gasteiger charge is 2.37. The number of ether oxygens (including phenoxy) is 1. The first-order valence-electron chi connectivity index (χ1n) is 10.3. The summed E-state index contributed by atoms with van der Waals surface area (Å²) in [6, 6.07) is 9.50. The first kappa shape index (κ1) is 22.1. The SMILES string of the molecule is CCCCCC[C@@H](C)OC(=O)c1ccc2c(c1)C(=O)N(c1cccc([N+](=O)[O-])c1)C2=O. The van der Waals surface area contributed by atoms with Crippen LogP contribution in [0.4, 0.5) is 11.4 Å². The summed E-state index contributed by atoms with van der Waals surface area (Å²) in [5, 5.41) is 11.0. The van der Waals surface area contributed by atoms with Crippen molar-refractivity contribution in [3.05, 3.63) is 69.3 Å². The molecule has 1 atom stereocenters. The molecule has 31 heavy (non-hydrogen) atoms. The van der Waals surface area contributed by atoms with Crippen LogP contribution in [0.15, 0.2) is 42.5 Å². The molecule has 0 fully saturated rings. The summed E-state index contributed by atoms with van der Waals surface area (Å²) in [5.74, 6) is -1.78. The van der Waals surface area contributed by atoms with E-state index < -0.39 is 22.7 Å². The van der Waals surface area contributed by atoms with E-state index in [-0.39, 0.29) is 34.2 Å². The number of nitro groups is 1. The second-order valence-electron chi connectivity index (χ2n) is 7.55. The molecule has 0 saturated heterocycles. The van der Waals surface area contributed by atoms with Crippen LogP contribution in [0.25, 0.3) is 0 Å². The van der Waals surface area contributed by atoms with E-state index in [1.54, 1.807) is 0 Å². The van der Waals surface area contributed by atoms with Crippen LogP contribution in [0.3, 0.4) is 0 Å². The Balaban J connectivity index is 1.76. The van der Waals surface area contributed by atoms with Gasteiger partial charge in [0.05, 0.1) is 33.4 Å². The predicted octanol–water partition coefficient (Wildman–Crippen LogP) is 4.91. The summed E-state index contributed by atoms with van der Waals surface area (Å²) in [7, 11) is 0. The smallest absolute Gasteiger partial charge is 0.338 e. The number of hydrogen-bond donors (Lipinski definition) is 0. The molecular weight excluding hydrogens is 400 g/mol. The highest BCUT2D eigenvalue weighted by molar-refractivity contribution is 6.34. The van der Waals surface area contributed by atoms with Gasteiger partial charge in [0.15, 0.2) is 0 Å². The van der Waals surface area contributed by atoms with Crippen LogP contribution in [0, 0.1) is 10.1 Å². The number of rotatable bonds is 9. The van der Waals surface area contributed by atoms with E-state index in [0.717, 1.165) is 43.1 Å². The number of imide groups is 1. The van der Waals surface area contributed by atoms with Gasteiger partial charge in [0.2, 0.25) is 0 Å². The Hall–Kier alpha value is -3.55. The molecule has 0 unspecified atom stereocenters. The lowest BCUT2D eigenvalue weighted by Gasteiger charge is -2.13. The van der Waals surface area contributed by atoms with Gasteiger partial charge in [-0.15, -0.1) is 0 Å². The molecule has 8 heteroatoms. The minimum absolute atomic E-state index is 0.0709. The van der Waals surface area contributed by atoms with E-state index in [1.807, 2.05) is 6.92 Å². The van der Waals surface area contributed by atoms with Crippen molar-refractivity contribution < 1.29 is 24.0 Å². The number of carbonyl (C=O) groups excluding carboxylic acids is 3. The molecule has 0 saturated carbocycles. The van der Waals surface area contributed by atoms with Gasteiger partial charge < -0.3 is 4.74 Å². The van der Waals surface area contributed by atoms with E-state index in [1.165, 1.54) is 36.4 Å². The van der Waals surface area contributed by atoms with Crippen LogP contribution in [0.5, 0.6) is 0 Å². The third kappa shape index (κ3) is 4.79. The van der Waals surface area contributed by atoms with E-state index in [2.05, 4.69) is 6.92 Å². The van der Waals surface area contributed by atoms with Gasteiger partial charge in [-0.2, -0.15) is 0 Å². The van der Waals surface area contributed by atoms with Crippen LogP contribution in [0.2, 0.25) is 0 Å². The van der Waals surface area contributed by atoms with Crippen molar-refractivity contribution in [1.82, 2.24) is 0 Å². The zero-order chi connectivity index (χ0) is 22.5. The summed E-state index contributed by atoms with van der Waals surface area (Å²) in [5.41, 5.74) is 0.264. The normalized spacial score (nSPS) is 13.8. The van der Waals surface area contributed by atoms with E-state index in [0.29, 0.717) is 0 Å². The standard InChI is InChI=1S/C23H24N2O6/c1-3-4-5-6-8-15(2)31-23(28)16-11-12-19-20(13-16)22(27)24(21(19)26)17-9-7-10-18(14-17)25(29)30/h7,9-15H,3-6,8H2,1-2H3/t15-/m1/s1. The zero-order valence-electron chi connectivity index (χ0n) is 17.5. The van der Waals surface area contributed by atoms with Gasteiger partial charge in [-0.05, 0) is 44.0 Å². The van der Waals surface area contributed by atoms with Gasteiger partial charge in [-0.3, -0.25) is 19.7 Å². The first-order valence-corrected chi connectivity index (χ1v) is 10.3. The summed E-state index contributed by atoms with van der Waals surface area (Å²) in [4.78, 5) is 49.4. The fraction of sp³-hybridized carbons (Fsp3) is 0.348. The second-order valence-corrected chi connectivity index (χ2v) is 7.55. The Morgan fingerprint density at radius 2 is 1.81 bits per heavy atom. The third-order valence-electron chi connectivity index (χ3n) is 5.19. The minimum atomic E-state index is -0.636. The topological polar surface area (TPSA) is 107 Å². The molecular formula is C23H24N2O6. The van der Waals surface area contributed by atoms with Crippen molar-refractivity contribution in [2.45, 2.75) is 52.1 Å². The van der Waals surface area contributed by atoms with Gasteiger partial charge in [-0.1, -0.05) is 32.3 Å². The molecule has 2 aromatic rings. The van der Waals surface area contributed by atoms with E-state index in [4.69, 9.17) is 4.74 Å². The number of nitro benzene ring substituents is 1. The molecule has 2 aromatic carbocycles. The van der Waals surface area contributed by atoms with E-state index >= 15 is 0 Å². The molecule has 0 aliphatic carbocycles. The fourth-order valence-corrected chi connectivity index (χ4v) is 3.52. The number of nitrogens with zero attached hydrogens (tertiary/aromatic N) is 2. The lowest BCUT2D eigenvalue weighted by molar-refractivity contribution is -0.384. The van der Waals surface area contributed by atoms with Crippen LogP contribution in [-0.2, 0) is 4.74 Å². The molecule has 162 valence electrons. The van der Waals surface area contributed by atoms with Gasteiger partial charge >= 0.3 is 5.97 Å². The lowest BCUT2D eigenvalue weighted by Crippen LogP contribution is -2.29. The van der Waals surface area contributed by atoms with Crippen molar-refractivity contribution in [1.29, 1.82) is 0 Å². The maximum atomic E-state index is 12.9. The maximum Gasteiger partial charge on any atom is 0.338 e. The molecule has 1 aliphatic rings. The largest absolute Gasteiger partial charge is 0.459 e. The molecule has 0 N–H and O–H groups in total. The number of carbonyl (C=O) groups is 3. The van der Waals surface area contributed by atoms with Crippen LogP contribution >= 0.6 is 0 Å². The highest BCUT2D eigenvalue weighted by Crippen LogP contribution is 2.31. The average Bonchev–Trinajstić information content (AvgIpc) is 3.01. The number of non-ortho nitro benzene ring substituents is 1. The molecule has 0 aromatic heterocycles. The molecule has 0 radical (unpaired) electrons. The first-order chi connectivity index (χ1) is 14.8. The number of anilines is 1. The van der Waals surface area contributed by atoms with Gasteiger partial charge in [-0.25, -0.2) is 9.69 Å². The Kier molecular flexibility index (Phi) is 6.79. The van der Waals surface area contributed by atoms with Crippen molar-refractivity contribution in [3.63, 3.8) is 0 Å². The average molecular weight is 424 g/mol. The van der Waals surface area contributed by atoms with Crippen LogP contribution in [-0.4, -0.2) is 28.8 Å². The fourth-order valence-electron chi connectivity index (χ4n) is 3.52. The number of benzene rings is 2. The predicted molar refractivity (Wildman–Crippen MR) is 114 cm³/mol. The summed E-state index contributed by atoms with van der Waals surface area (Å²) < 4.78 is 5.47. The molecule has 8 nitrogen and oxygen atoms in total. The van der Waals surface area contributed by atoms with Gasteiger partial charge in [0, 0.05) is 12.1 Å². The number of hydrogen-bond acceptors (Lipinski definition) is 6. The van der Waals surface area contributed by atoms with Crippen molar-refractivity contribution >= 4 is 29.2 Å². The Morgan fingerprint density at radius 1 is 1.06 bits per heavy atom. The Bertz CT molecular complexity index is 1030. The number of fused-ring (bicyclic) bond motifs is 1. The lowest BCUT2D eigenvalue weighted by atomic mass is 10.1. The monoisotopic (exact) mass is 424 g/mol. The summed E-state index contributed by atoms with van der Waals surface area (Å²) in [6.45, 7) is 3.96. The molecule has 3 rings (SSSR count). The maximum absolute atomic E-state index is 12.9. The minimum Gasteiger partial charge on any atom is -0.459 e. The van der Waals surface area contributed by atoms with Gasteiger partial charge in [0.1, 0.15) is 0 Å². The quantitative estimate of drug-likeness (QED) is 0.186. The summed E-state index contributed by atoms with van der Waals surface area (Å²) >= 11 is 0. The van der Waals surface area contributed by atoms with Crippen molar-refractivity contribution in [2.75, 3.05) is 4.90 Å². The number of amides is 2. The number of esters is 1. The zero-order valence-corrected chi connectivity index (χ0v) is 17.5. The Morgan fingerprint density at radius 3 is 2.52 bits per heavy atom. The summed E-state index contributed by atoms with van der Waals surface area (Å²) in [6.07, 6.45) is 4.83. The van der Waals surface area contributed by atoms with Crippen LogP contribution in [0.1, 0.15) is 77.0 Å². The van der Waals surface area contributed by atoms with Crippen molar-refractivity contribution in [3.8, 4) is 0 Å². The van der Waals surface area contributed by atoms with E-state index in [9.17, 15) is 24.5 Å². The highest BCUT2D eigenvalue weighted by atomic mass is 16.6. The Labute approximate surface area is 180 Å². The van der Waals surface area contributed by atoms with Crippen molar-refractivity contribution in [2.24, 2.45) is 0 Å². The number of unbranched alkanes of at least 4 members (excludes halogenated alkanes) is 3. The molecule has 1 aliphatic heterocycles. The second kappa shape index (κ2) is 9.51. The molecule has 0 spiro atoms. The molecule has 2 amide bonds. The molecule has 1 heterocycles. The van der Waals surface area contributed by atoms with Gasteiger partial charge in [0.25, 0.3) is 17.5 Å². The van der Waals surface area contributed by atoms with Crippen LogP contribution < -0.4 is 4.90 Å². The molecule has 0 bridgehead atoms.